The number of H-pyrrole nitrogens is 1. The van der Waals surface area contributed by atoms with Crippen LogP contribution in [0.2, 0.25) is 0 Å². The monoisotopic (exact) mass is 357 g/mol. The molecular formula is C18H19N3O3S. The molecule has 0 aliphatic carbocycles. The van der Waals surface area contributed by atoms with Crippen LogP contribution in [0.5, 0.6) is 0 Å². The van der Waals surface area contributed by atoms with Gasteiger partial charge in [0.25, 0.3) is 0 Å². The number of imidazole rings is 1. The normalized spacial score (nSPS) is 18.0. The summed E-state index contributed by atoms with van der Waals surface area (Å²) < 4.78 is 33.1. The summed E-state index contributed by atoms with van der Waals surface area (Å²) in [6, 6.07) is 14.6. The number of nitrogens with zero attached hydrogens (tertiary/aromatic N) is 1. The van der Waals surface area contributed by atoms with Gasteiger partial charge in [-0.25, -0.2) is 18.1 Å². The first kappa shape index (κ1) is 16.3. The molecule has 3 aromatic rings. The fourth-order valence-electron chi connectivity index (χ4n) is 2.98. The van der Waals surface area contributed by atoms with Crippen LogP contribution in [0.1, 0.15) is 12.8 Å². The van der Waals surface area contributed by atoms with Crippen LogP contribution in [0.25, 0.3) is 22.4 Å². The van der Waals surface area contributed by atoms with Gasteiger partial charge in [-0.3, -0.25) is 0 Å². The Morgan fingerprint density at radius 1 is 1.20 bits per heavy atom. The van der Waals surface area contributed by atoms with Gasteiger partial charge in [-0.1, -0.05) is 30.3 Å². The van der Waals surface area contributed by atoms with E-state index in [1.165, 1.54) is 0 Å². The minimum absolute atomic E-state index is 0.0321. The molecule has 0 spiro atoms. The number of nitrogens with one attached hydrogen (secondary N) is 2. The first-order valence-corrected chi connectivity index (χ1v) is 9.77. The second-order valence-corrected chi connectivity index (χ2v) is 7.88. The van der Waals surface area contributed by atoms with E-state index in [1.54, 1.807) is 18.2 Å². The fraction of sp³-hybridized carbons (Fsp3) is 0.278. The van der Waals surface area contributed by atoms with E-state index in [4.69, 9.17) is 4.74 Å². The van der Waals surface area contributed by atoms with Gasteiger partial charge in [-0.15, -0.1) is 0 Å². The molecule has 1 fully saturated rings. The number of rotatable bonds is 5. The molecule has 1 unspecified atom stereocenters. The largest absolute Gasteiger partial charge is 0.377 e. The predicted molar refractivity (Wildman–Crippen MR) is 95.7 cm³/mol. The Hall–Kier alpha value is -2.22. The Balaban J connectivity index is 1.59. The van der Waals surface area contributed by atoms with E-state index in [9.17, 15) is 8.42 Å². The Morgan fingerprint density at radius 3 is 2.80 bits per heavy atom. The van der Waals surface area contributed by atoms with Gasteiger partial charge in [-0.2, -0.15) is 0 Å². The van der Waals surface area contributed by atoms with Crippen molar-refractivity contribution >= 4 is 21.1 Å². The summed E-state index contributed by atoms with van der Waals surface area (Å²) in [5.74, 6) is 0.720. The quantitative estimate of drug-likeness (QED) is 0.735. The van der Waals surface area contributed by atoms with Crippen molar-refractivity contribution in [2.75, 3.05) is 13.2 Å². The second kappa shape index (κ2) is 6.59. The molecule has 0 amide bonds. The van der Waals surface area contributed by atoms with E-state index in [0.29, 0.717) is 18.7 Å². The first-order chi connectivity index (χ1) is 12.1. The summed E-state index contributed by atoms with van der Waals surface area (Å²) in [6.45, 7) is 1.01. The van der Waals surface area contributed by atoms with E-state index < -0.39 is 10.0 Å². The minimum atomic E-state index is -3.57. The summed E-state index contributed by atoms with van der Waals surface area (Å²) >= 11 is 0. The molecule has 0 radical (unpaired) electrons. The van der Waals surface area contributed by atoms with Crippen molar-refractivity contribution in [2.45, 2.75) is 23.8 Å². The molecule has 1 saturated heterocycles. The maximum atomic E-state index is 12.5. The Labute approximate surface area is 146 Å². The molecule has 4 rings (SSSR count). The van der Waals surface area contributed by atoms with Gasteiger partial charge in [0.1, 0.15) is 5.82 Å². The zero-order valence-corrected chi connectivity index (χ0v) is 14.4. The zero-order chi connectivity index (χ0) is 17.3. The number of aromatic nitrogens is 2. The molecule has 2 N–H and O–H groups in total. The van der Waals surface area contributed by atoms with Crippen molar-refractivity contribution in [2.24, 2.45) is 0 Å². The summed E-state index contributed by atoms with van der Waals surface area (Å²) in [5.41, 5.74) is 2.38. The van der Waals surface area contributed by atoms with E-state index >= 15 is 0 Å². The Kier molecular flexibility index (Phi) is 4.29. The molecule has 2 heterocycles. The number of sulfonamides is 1. The van der Waals surface area contributed by atoms with Crippen LogP contribution in [0.3, 0.4) is 0 Å². The van der Waals surface area contributed by atoms with Crippen LogP contribution in [-0.2, 0) is 14.8 Å². The van der Waals surface area contributed by atoms with Gasteiger partial charge >= 0.3 is 0 Å². The topological polar surface area (TPSA) is 84.1 Å². The average Bonchev–Trinajstić information content (AvgIpc) is 3.29. The lowest BCUT2D eigenvalue weighted by atomic mass is 10.2. The molecule has 1 atom stereocenters. The summed E-state index contributed by atoms with van der Waals surface area (Å²) in [7, 11) is -3.57. The second-order valence-electron chi connectivity index (χ2n) is 6.12. The Bertz CT molecular complexity index is 977. The Morgan fingerprint density at radius 2 is 2.04 bits per heavy atom. The average molecular weight is 357 g/mol. The molecule has 7 heteroatoms. The molecule has 2 aromatic carbocycles. The van der Waals surface area contributed by atoms with E-state index in [-0.39, 0.29) is 11.0 Å². The maximum absolute atomic E-state index is 12.5. The van der Waals surface area contributed by atoms with Gasteiger partial charge in [-0.05, 0) is 31.0 Å². The number of ether oxygens (including phenoxy) is 1. The fourth-order valence-corrected chi connectivity index (χ4v) is 4.07. The molecule has 130 valence electrons. The van der Waals surface area contributed by atoms with Crippen LogP contribution in [0, 0.1) is 0 Å². The summed E-state index contributed by atoms with van der Waals surface area (Å²) in [6.07, 6.45) is 1.84. The highest BCUT2D eigenvalue weighted by Crippen LogP contribution is 2.22. The summed E-state index contributed by atoms with van der Waals surface area (Å²) in [4.78, 5) is 7.94. The lowest BCUT2D eigenvalue weighted by Crippen LogP contribution is -2.31. The van der Waals surface area contributed by atoms with Gasteiger partial charge in [0.15, 0.2) is 0 Å². The number of hydrogen-bond donors (Lipinski definition) is 2. The highest BCUT2D eigenvalue weighted by Gasteiger charge is 2.21. The molecule has 1 aromatic heterocycles. The maximum Gasteiger partial charge on any atom is 0.240 e. The lowest BCUT2D eigenvalue weighted by Gasteiger charge is -2.11. The van der Waals surface area contributed by atoms with Crippen LogP contribution < -0.4 is 4.72 Å². The van der Waals surface area contributed by atoms with Gasteiger partial charge in [0.05, 0.1) is 22.0 Å². The molecule has 1 aliphatic rings. The van der Waals surface area contributed by atoms with Gasteiger partial charge < -0.3 is 9.72 Å². The van der Waals surface area contributed by atoms with Crippen LogP contribution in [0.4, 0.5) is 0 Å². The highest BCUT2D eigenvalue weighted by atomic mass is 32.2. The number of fused-ring (bicyclic) bond motifs is 1. The standard InChI is InChI=1S/C18H19N3O3S/c22-25(23,19-12-14-7-4-10-24-14)15-8-9-16-17(11-15)21-18(20-16)13-5-2-1-3-6-13/h1-3,5-6,8-9,11,14,19H,4,7,10,12H2,(H,20,21). The molecule has 1 aliphatic heterocycles. The third-order valence-corrected chi connectivity index (χ3v) is 5.76. The molecule has 0 bridgehead atoms. The number of benzene rings is 2. The van der Waals surface area contributed by atoms with Crippen molar-refractivity contribution in [3.05, 3.63) is 48.5 Å². The summed E-state index contributed by atoms with van der Waals surface area (Å²) in [5, 5.41) is 0. The minimum Gasteiger partial charge on any atom is -0.377 e. The van der Waals surface area contributed by atoms with Gasteiger partial charge in [0.2, 0.25) is 10.0 Å². The number of hydrogen-bond acceptors (Lipinski definition) is 4. The first-order valence-electron chi connectivity index (χ1n) is 8.28. The van der Waals surface area contributed by atoms with E-state index in [1.807, 2.05) is 30.3 Å². The molecule has 0 saturated carbocycles. The zero-order valence-electron chi connectivity index (χ0n) is 13.6. The number of aromatic amines is 1. The smallest absolute Gasteiger partial charge is 0.240 e. The van der Waals surface area contributed by atoms with Crippen molar-refractivity contribution in [3.63, 3.8) is 0 Å². The van der Waals surface area contributed by atoms with Gasteiger partial charge in [0, 0.05) is 18.7 Å². The van der Waals surface area contributed by atoms with E-state index in [2.05, 4.69) is 14.7 Å². The molecule has 25 heavy (non-hydrogen) atoms. The van der Waals surface area contributed by atoms with Crippen molar-refractivity contribution in [1.29, 1.82) is 0 Å². The van der Waals surface area contributed by atoms with Crippen molar-refractivity contribution in [1.82, 2.24) is 14.7 Å². The molecule has 6 nitrogen and oxygen atoms in total. The van der Waals surface area contributed by atoms with E-state index in [0.717, 1.165) is 29.7 Å². The van der Waals surface area contributed by atoms with Crippen molar-refractivity contribution < 1.29 is 13.2 Å². The van der Waals surface area contributed by atoms with Crippen LogP contribution in [0.15, 0.2) is 53.4 Å². The third-order valence-electron chi connectivity index (χ3n) is 4.34. The lowest BCUT2D eigenvalue weighted by molar-refractivity contribution is 0.114. The molecular weight excluding hydrogens is 338 g/mol. The third kappa shape index (κ3) is 3.44. The van der Waals surface area contributed by atoms with Crippen LogP contribution in [-0.4, -0.2) is 37.6 Å². The van der Waals surface area contributed by atoms with Crippen molar-refractivity contribution in [3.8, 4) is 11.4 Å². The SMILES string of the molecule is O=S(=O)(NCC1CCCO1)c1ccc2nc(-c3ccccc3)[nH]c2c1. The predicted octanol–water partition coefficient (Wildman–Crippen LogP) is 2.69. The van der Waals surface area contributed by atoms with Crippen LogP contribution >= 0.6 is 0 Å². The highest BCUT2D eigenvalue weighted by molar-refractivity contribution is 7.89.